The Morgan fingerprint density at radius 2 is 1.92 bits per heavy atom. The van der Waals surface area contributed by atoms with E-state index in [1.54, 1.807) is 4.90 Å². The number of piperazine rings is 1. The van der Waals surface area contributed by atoms with Crippen LogP contribution in [0.1, 0.15) is 45.9 Å². The van der Waals surface area contributed by atoms with Crippen LogP contribution >= 0.6 is 0 Å². The molecule has 0 spiro atoms. The lowest BCUT2D eigenvalue weighted by Crippen LogP contribution is -2.49. The fourth-order valence-corrected chi connectivity index (χ4v) is 2.64. The second-order valence-electron chi connectivity index (χ2n) is 7.51. The summed E-state index contributed by atoms with van der Waals surface area (Å²) in [5, 5.41) is 0. The lowest BCUT2D eigenvalue weighted by atomic mass is 10.1. The minimum atomic E-state index is -0.441. The molecule has 132 valence electrons. The van der Waals surface area contributed by atoms with Crippen molar-refractivity contribution in [2.75, 3.05) is 26.2 Å². The van der Waals surface area contributed by atoms with Gasteiger partial charge < -0.3 is 9.64 Å². The summed E-state index contributed by atoms with van der Waals surface area (Å²) in [5.41, 5.74) is 3.06. The van der Waals surface area contributed by atoms with Gasteiger partial charge in [-0.2, -0.15) is 0 Å². The molecule has 2 heterocycles. The van der Waals surface area contributed by atoms with Gasteiger partial charge in [0.2, 0.25) is 0 Å². The highest BCUT2D eigenvalue weighted by Gasteiger charge is 2.26. The first-order chi connectivity index (χ1) is 11.2. The maximum atomic E-state index is 12.1. The molecular weight excluding hydrogens is 302 g/mol. The molecule has 1 aliphatic heterocycles. The monoisotopic (exact) mass is 331 g/mol. The van der Waals surface area contributed by atoms with Crippen molar-refractivity contribution >= 4 is 12.2 Å². The average molecular weight is 331 g/mol. The SMILES string of the molecule is CC(C)=Cc1ncccc1CN1CCN(C(=O)OC(C)(C)C)CC1. The van der Waals surface area contributed by atoms with Gasteiger partial charge >= 0.3 is 6.09 Å². The van der Waals surface area contributed by atoms with Crippen molar-refractivity contribution in [1.29, 1.82) is 0 Å². The van der Waals surface area contributed by atoms with Gasteiger partial charge in [0.25, 0.3) is 0 Å². The number of pyridine rings is 1. The Hall–Kier alpha value is -1.88. The van der Waals surface area contributed by atoms with Gasteiger partial charge in [-0.15, -0.1) is 0 Å². The molecule has 0 atom stereocenters. The van der Waals surface area contributed by atoms with Crippen molar-refractivity contribution in [3.8, 4) is 0 Å². The Morgan fingerprint density at radius 1 is 1.25 bits per heavy atom. The summed E-state index contributed by atoms with van der Waals surface area (Å²) >= 11 is 0. The summed E-state index contributed by atoms with van der Waals surface area (Å²) in [6.45, 7) is 13.8. The van der Waals surface area contributed by atoms with Gasteiger partial charge in [0, 0.05) is 38.9 Å². The molecule has 1 aliphatic rings. The molecule has 1 amide bonds. The molecule has 5 nitrogen and oxygen atoms in total. The van der Waals surface area contributed by atoms with Crippen LogP contribution in [0.3, 0.4) is 0 Å². The van der Waals surface area contributed by atoms with E-state index in [4.69, 9.17) is 4.74 Å². The van der Waals surface area contributed by atoms with Crippen LogP contribution in [-0.4, -0.2) is 52.7 Å². The minimum absolute atomic E-state index is 0.214. The van der Waals surface area contributed by atoms with E-state index in [-0.39, 0.29) is 6.09 Å². The van der Waals surface area contributed by atoms with Crippen LogP contribution in [0.2, 0.25) is 0 Å². The molecule has 0 unspecified atom stereocenters. The molecule has 0 bridgehead atoms. The number of hydrogen-bond acceptors (Lipinski definition) is 4. The number of ether oxygens (including phenoxy) is 1. The van der Waals surface area contributed by atoms with Crippen LogP contribution in [-0.2, 0) is 11.3 Å². The van der Waals surface area contributed by atoms with Crippen molar-refractivity contribution in [2.24, 2.45) is 0 Å². The van der Waals surface area contributed by atoms with E-state index in [0.717, 1.165) is 25.3 Å². The van der Waals surface area contributed by atoms with E-state index in [1.807, 2.05) is 33.0 Å². The van der Waals surface area contributed by atoms with Crippen molar-refractivity contribution in [3.63, 3.8) is 0 Å². The molecule has 1 fully saturated rings. The molecule has 1 aromatic rings. The first kappa shape index (κ1) is 18.5. The molecule has 0 aliphatic carbocycles. The third-order valence-corrected chi connectivity index (χ3v) is 3.77. The minimum Gasteiger partial charge on any atom is -0.444 e. The second-order valence-corrected chi connectivity index (χ2v) is 7.51. The van der Waals surface area contributed by atoms with E-state index < -0.39 is 5.60 Å². The van der Waals surface area contributed by atoms with Gasteiger partial charge in [-0.05, 0) is 52.3 Å². The van der Waals surface area contributed by atoms with Gasteiger partial charge in [0.05, 0.1) is 5.69 Å². The zero-order valence-corrected chi connectivity index (χ0v) is 15.5. The van der Waals surface area contributed by atoms with E-state index in [9.17, 15) is 4.79 Å². The normalized spacial score (nSPS) is 16.0. The Bertz CT molecular complexity index is 593. The van der Waals surface area contributed by atoms with E-state index in [0.29, 0.717) is 13.1 Å². The van der Waals surface area contributed by atoms with Crippen molar-refractivity contribution in [2.45, 2.75) is 46.8 Å². The van der Waals surface area contributed by atoms with E-state index >= 15 is 0 Å². The van der Waals surface area contributed by atoms with E-state index in [2.05, 4.69) is 35.9 Å². The Labute approximate surface area is 145 Å². The highest BCUT2D eigenvalue weighted by molar-refractivity contribution is 5.68. The second kappa shape index (κ2) is 7.79. The number of aromatic nitrogens is 1. The van der Waals surface area contributed by atoms with Crippen LogP contribution in [0, 0.1) is 0 Å². The molecular formula is C19H29N3O2. The third-order valence-electron chi connectivity index (χ3n) is 3.77. The highest BCUT2D eigenvalue weighted by Crippen LogP contribution is 2.16. The molecule has 0 aromatic carbocycles. The van der Waals surface area contributed by atoms with Crippen molar-refractivity contribution in [3.05, 3.63) is 35.2 Å². The molecule has 1 aromatic heterocycles. The number of nitrogens with zero attached hydrogens (tertiary/aromatic N) is 3. The van der Waals surface area contributed by atoms with Crippen molar-refractivity contribution in [1.82, 2.24) is 14.8 Å². The number of carbonyl (C=O) groups is 1. The zero-order chi connectivity index (χ0) is 17.7. The highest BCUT2D eigenvalue weighted by atomic mass is 16.6. The molecule has 5 heteroatoms. The fraction of sp³-hybridized carbons (Fsp3) is 0.579. The number of hydrogen-bond donors (Lipinski definition) is 0. The third kappa shape index (κ3) is 5.64. The van der Waals surface area contributed by atoms with Crippen LogP contribution in [0.5, 0.6) is 0 Å². The maximum absolute atomic E-state index is 12.1. The number of carbonyl (C=O) groups excluding carboxylic acids is 1. The largest absolute Gasteiger partial charge is 0.444 e. The van der Waals surface area contributed by atoms with Crippen LogP contribution in [0.4, 0.5) is 4.79 Å². The molecule has 2 rings (SSSR count). The number of allylic oxidation sites excluding steroid dienone is 1. The average Bonchev–Trinajstić information content (AvgIpc) is 2.48. The topological polar surface area (TPSA) is 45.7 Å². The van der Waals surface area contributed by atoms with Crippen LogP contribution in [0.25, 0.3) is 6.08 Å². The summed E-state index contributed by atoms with van der Waals surface area (Å²) in [6, 6.07) is 4.11. The van der Waals surface area contributed by atoms with Gasteiger partial charge in [-0.1, -0.05) is 11.6 Å². The molecule has 0 saturated carbocycles. The lowest BCUT2D eigenvalue weighted by Gasteiger charge is -2.35. The smallest absolute Gasteiger partial charge is 0.410 e. The fourth-order valence-electron chi connectivity index (χ4n) is 2.64. The van der Waals surface area contributed by atoms with Gasteiger partial charge in [-0.25, -0.2) is 4.79 Å². The van der Waals surface area contributed by atoms with Crippen molar-refractivity contribution < 1.29 is 9.53 Å². The standard InChI is InChI=1S/C19H29N3O2/c1-15(2)13-17-16(7-6-8-20-17)14-21-9-11-22(12-10-21)18(23)24-19(3,4)5/h6-8,13H,9-12,14H2,1-5H3. The quantitative estimate of drug-likeness (QED) is 0.849. The summed E-state index contributed by atoms with van der Waals surface area (Å²) < 4.78 is 5.44. The van der Waals surface area contributed by atoms with E-state index in [1.165, 1.54) is 11.1 Å². The maximum Gasteiger partial charge on any atom is 0.410 e. The number of amides is 1. The number of rotatable bonds is 3. The summed E-state index contributed by atoms with van der Waals surface area (Å²) in [5.74, 6) is 0. The van der Waals surface area contributed by atoms with Gasteiger partial charge in [0.15, 0.2) is 0 Å². The van der Waals surface area contributed by atoms with Gasteiger partial charge in [-0.3, -0.25) is 9.88 Å². The van der Waals surface area contributed by atoms with Crippen LogP contribution < -0.4 is 0 Å². The first-order valence-corrected chi connectivity index (χ1v) is 8.54. The Morgan fingerprint density at radius 3 is 2.50 bits per heavy atom. The summed E-state index contributed by atoms with van der Waals surface area (Å²) in [6.07, 6.45) is 3.74. The summed E-state index contributed by atoms with van der Waals surface area (Å²) in [7, 11) is 0. The molecule has 1 saturated heterocycles. The predicted molar refractivity (Wildman–Crippen MR) is 96.6 cm³/mol. The zero-order valence-electron chi connectivity index (χ0n) is 15.5. The molecule has 0 radical (unpaired) electrons. The predicted octanol–water partition coefficient (Wildman–Crippen LogP) is 3.56. The first-order valence-electron chi connectivity index (χ1n) is 8.54. The van der Waals surface area contributed by atoms with Gasteiger partial charge in [0.1, 0.15) is 5.60 Å². The summed E-state index contributed by atoms with van der Waals surface area (Å²) in [4.78, 5) is 20.8. The molecule has 0 N–H and O–H groups in total. The van der Waals surface area contributed by atoms with Crippen LogP contribution in [0.15, 0.2) is 23.9 Å². The molecule has 24 heavy (non-hydrogen) atoms. The Balaban J connectivity index is 1.92. The lowest BCUT2D eigenvalue weighted by molar-refractivity contribution is 0.0139. The Kier molecular flexibility index (Phi) is 5.99.